The Balaban J connectivity index is 1.33. The van der Waals surface area contributed by atoms with Crippen molar-refractivity contribution in [3.63, 3.8) is 0 Å². The molecule has 0 bridgehead atoms. The summed E-state index contributed by atoms with van der Waals surface area (Å²) in [4.78, 5) is 13.3. The Morgan fingerprint density at radius 3 is 2.51 bits per heavy atom. The van der Waals surface area contributed by atoms with Crippen molar-refractivity contribution in [1.29, 1.82) is 0 Å². The van der Waals surface area contributed by atoms with Crippen molar-refractivity contribution in [2.24, 2.45) is 17.6 Å². The largest absolute Gasteiger partial charge is 0.497 e. The van der Waals surface area contributed by atoms with E-state index < -0.39 is 34.3 Å². The fourth-order valence-electron chi connectivity index (χ4n) is 6.06. The van der Waals surface area contributed by atoms with Gasteiger partial charge in [0.05, 0.1) is 37.2 Å². The van der Waals surface area contributed by atoms with E-state index in [0.29, 0.717) is 25.3 Å². The second-order valence-electron chi connectivity index (χ2n) is 11.2. The first-order chi connectivity index (χ1) is 19.8. The van der Waals surface area contributed by atoms with Gasteiger partial charge in [0.25, 0.3) is 0 Å². The highest BCUT2D eigenvalue weighted by Crippen LogP contribution is 2.33. The lowest BCUT2D eigenvalue weighted by molar-refractivity contribution is -0.0907. The summed E-state index contributed by atoms with van der Waals surface area (Å²) in [5.41, 5.74) is 7.74. The molecule has 41 heavy (non-hydrogen) atoms. The molecule has 2 aliphatic heterocycles. The molecule has 0 radical (unpaired) electrons. The molecule has 0 spiro atoms. The summed E-state index contributed by atoms with van der Waals surface area (Å²) >= 11 is 0. The monoisotopic (exact) mass is 587 g/mol. The lowest BCUT2D eigenvalue weighted by Gasteiger charge is -2.32. The van der Waals surface area contributed by atoms with E-state index in [1.54, 1.807) is 31.4 Å². The number of amides is 1. The Labute approximate surface area is 242 Å². The maximum absolute atomic E-state index is 13.9. The van der Waals surface area contributed by atoms with E-state index in [1.807, 2.05) is 30.3 Å². The van der Waals surface area contributed by atoms with Crippen LogP contribution in [0.25, 0.3) is 0 Å². The highest BCUT2D eigenvalue weighted by atomic mass is 32.2. The molecule has 1 amide bonds. The number of nitrogens with one attached hydrogen (secondary N) is 1. The molecule has 10 nitrogen and oxygen atoms in total. The normalized spacial score (nSPS) is 24.2. The number of hydrogen-bond acceptors (Lipinski definition) is 8. The summed E-state index contributed by atoms with van der Waals surface area (Å²) in [6, 6.07) is 14.8. The van der Waals surface area contributed by atoms with Gasteiger partial charge in [0.15, 0.2) is 6.29 Å². The highest BCUT2D eigenvalue weighted by molar-refractivity contribution is 7.89. The van der Waals surface area contributed by atoms with Crippen LogP contribution in [0.4, 0.5) is 4.79 Å². The number of hydrogen-bond donors (Lipinski definition) is 2. The van der Waals surface area contributed by atoms with Gasteiger partial charge in [-0.1, -0.05) is 43.2 Å². The van der Waals surface area contributed by atoms with E-state index in [9.17, 15) is 13.2 Å². The van der Waals surface area contributed by atoms with Crippen molar-refractivity contribution in [2.45, 2.75) is 67.9 Å². The SMILES string of the molecule is COc1ccc(S(=O)(=O)N(CC2CCCC2)C[C@@H](N)[C@H](Cc2ccccc2)NC(=O)O[C@H]2CO[C@H]3OCC[C@H]32)cc1. The van der Waals surface area contributed by atoms with Crippen LogP contribution in [-0.2, 0) is 30.7 Å². The third-order valence-corrected chi connectivity index (χ3v) is 10.3. The molecule has 1 aliphatic carbocycles. The van der Waals surface area contributed by atoms with Crippen LogP contribution in [0.5, 0.6) is 5.75 Å². The quantitative estimate of drug-likeness (QED) is 0.387. The van der Waals surface area contributed by atoms with Crippen LogP contribution < -0.4 is 15.8 Å². The van der Waals surface area contributed by atoms with Gasteiger partial charge < -0.3 is 30.0 Å². The number of nitrogens with zero attached hydrogens (tertiary/aromatic N) is 1. The lowest BCUT2D eigenvalue weighted by Crippen LogP contribution is -2.55. The predicted octanol–water partition coefficient (Wildman–Crippen LogP) is 3.30. The molecule has 3 N–H and O–H groups in total. The molecule has 224 valence electrons. The molecule has 0 aromatic heterocycles. The van der Waals surface area contributed by atoms with Gasteiger partial charge in [-0.2, -0.15) is 4.31 Å². The Kier molecular flexibility index (Phi) is 9.82. The van der Waals surface area contributed by atoms with E-state index in [2.05, 4.69) is 5.32 Å². The zero-order chi connectivity index (χ0) is 28.8. The van der Waals surface area contributed by atoms with Crippen LogP contribution in [0.1, 0.15) is 37.7 Å². The molecule has 3 fully saturated rings. The van der Waals surface area contributed by atoms with Gasteiger partial charge in [0.2, 0.25) is 10.0 Å². The van der Waals surface area contributed by atoms with Crippen molar-refractivity contribution in [1.82, 2.24) is 9.62 Å². The van der Waals surface area contributed by atoms with Crippen molar-refractivity contribution in [3.05, 3.63) is 60.2 Å². The Bertz CT molecular complexity index is 1240. The number of carbonyl (C=O) groups is 1. The first-order valence-corrected chi connectivity index (χ1v) is 15.9. The van der Waals surface area contributed by atoms with Gasteiger partial charge in [0, 0.05) is 19.1 Å². The molecule has 3 aliphatic rings. The minimum absolute atomic E-state index is 0.0125. The third-order valence-electron chi connectivity index (χ3n) is 8.41. The average Bonchev–Trinajstić information content (AvgIpc) is 3.74. The minimum Gasteiger partial charge on any atom is -0.497 e. The molecule has 5 rings (SSSR count). The molecular formula is C30H41N3O7S. The molecular weight excluding hydrogens is 546 g/mol. The van der Waals surface area contributed by atoms with Crippen LogP contribution in [0, 0.1) is 11.8 Å². The number of rotatable bonds is 12. The maximum atomic E-state index is 13.9. The lowest BCUT2D eigenvalue weighted by atomic mass is 9.99. The van der Waals surface area contributed by atoms with E-state index >= 15 is 0 Å². The smallest absolute Gasteiger partial charge is 0.407 e. The van der Waals surface area contributed by atoms with Crippen molar-refractivity contribution in [2.75, 3.05) is 33.4 Å². The summed E-state index contributed by atoms with van der Waals surface area (Å²) < 4.78 is 51.4. The number of sulfonamides is 1. The van der Waals surface area contributed by atoms with E-state index in [4.69, 9.17) is 24.7 Å². The second kappa shape index (κ2) is 13.5. The maximum Gasteiger partial charge on any atom is 0.407 e. The van der Waals surface area contributed by atoms with Crippen LogP contribution in [0.15, 0.2) is 59.5 Å². The summed E-state index contributed by atoms with van der Waals surface area (Å²) in [6.45, 7) is 1.30. The first-order valence-electron chi connectivity index (χ1n) is 14.5. The minimum atomic E-state index is -3.85. The second-order valence-corrected chi connectivity index (χ2v) is 13.2. The molecule has 5 atom stereocenters. The fourth-order valence-corrected chi connectivity index (χ4v) is 7.61. The fraction of sp³-hybridized carbons (Fsp3) is 0.567. The van der Waals surface area contributed by atoms with Gasteiger partial charge in [-0.3, -0.25) is 0 Å². The number of ether oxygens (including phenoxy) is 4. The van der Waals surface area contributed by atoms with Crippen LogP contribution in [-0.4, -0.2) is 76.7 Å². The van der Waals surface area contributed by atoms with Gasteiger partial charge in [-0.15, -0.1) is 0 Å². The standard InChI is InChI=1S/C30H41N3O7S/c1-37-23-11-13-24(14-12-23)41(35,36)33(18-22-9-5-6-10-22)19-26(31)27(17-21-7-3-2-4-8-21)32-30(34)40-28-20-39-29-25(28)15-16-38-29/h2-4,7-8,11-14,22,25-29H,5-6,9-10,15-20,31H2,1H3,(H,32,34)/t25-,26+,27-,28-,29+/m0/s1. The van der Waals surface area contributed by atoms with Crippen molar-refractivity contribution in [3.8, 4) is 5.75 Å². The molecule has 11 heteroatoms. The predicted molar refractivity (Wildman–Crippen MR) is 153 cm³/mol. The molecule has 2 saturated heterocycles. The highest BCUT2D eigenvalue weighted by Gasteiger charge is 2.44. The van der Waals surface area contributed by atoms with Gasteiger partial charge >= 0.3 is 6.09 Å². The third kappa shape index (κ3) is 7.39. The van der Waals surface area contributed by atoms with Crippen molar-refractivity contribution >= 4 is 16.1 Å². The van der Waals surface area contributed by atoms with E-state index in [1.165, 1.54) is 4.31 Å². The molecule has 0 unspecified atom stereocenters. The Morgan fingerprint density at radius 1 is 1.07 bits per heavy atom. The first kappa shape index (κ1) is 29.8. The summed E-state index contributed by atoms with van der Waals surface area (Å²) in [5.74, 6) is 0.861. The number of carbonyl (C=O) groups excluding carboxylic acids is 1. The van der Waals surface area contributed by atoms with Crippen molar-refractivity contribution < 1.29 is 32.2 Å². The van der Waals surface area contributed by atoms with Crippen LogP contribution in [0.2, 0.25) is 0 Å². The number of alkyl carbamates (subject to hydrolysis) is 1. The summed E-state index contributed by atoms with van der Waals surface area (Å²) in [7, 11) is -2.31. The van der Waals surface area contributed by atoms with E-state index in [0.717, 1.165) is 37.7 Å². The molecule has 1 saturated carbocycles. The summed E-state index contributed by atoms with van der Waals surface area (Å²) in [6.07, 6.45) is 4.02. The van der Waals surface area contributed by atoms with E-state index in [-0.39, 0.29) is 36.2 Å². The number of benzene rings is 2. The molecule has 2 heterocycles. The zero-order valence-corrected chi connectivity index (χ0v) is 24.3. The molecule has 2 aromatic carbocycles. The van der Waals surface area contributed by atoms with Gasteiger partial charge in [0.1, 0.15) is 11.9 Å². The van der Waals surface area contributed by atoms with Crippen LogP contribution >= 0.6 is 0 Å². The topological polar surface area (TPSA) is 129 Å². The van der Waals surface area contributed by atoms with Crippen LogP contribution in [0.3, 0.4) is 0 Å². The number of fused-ring (bicyclic) bond motifs is 1. The van der Waals surface area contributed by atoms with Gasteiger partial charge in [-0.25, -0.2) is 13.2 Å². The summed E-state index contributed by atoms with van der Waals surface area (Å²) in [5, 5.41) is 2.96. The van der Waals surface area contributed by atoms with Gasteiger partial charge in [-0.05, 0) is 61.4 Å². The number of methoxy groups -OCH3 is 1. The Morgan fingerprint density at radius 2 is 1.80 bits per heavy atom. The average molecular weight is 588 g/mol. The number of nitrogens with two attached hydrogens (primary N) is 1. The molecule has 2 aromatic rings. The zero-order valence-electron chi connectivity index (χ0n) is 23.5. The Hall–Kier alpha value is -2.70.